The summed E-state index contributed by atoms with van der Waals surface area (Å²) in [5.41, 5.74) is -0.0427. The van der Waals surface area contributed by atoms with E-state index >= 15 is 0 Å². The molecule has 2 rings (SSSR count). The van der Waals surface area contributed by atoms with E-state index in [1.54, 1.807) is 6.26 Å². The van der Waals surface area contributed by atoms with Crippen LogP contribution in [0.1, 0.15) is 29.6 Å². The van der Waals surface area contributed by atoms with E-state index in [0.29, 0.717) is 24.2 Å². The van der Waals surface area contributed by atoms with Gasteiger partial charge in [-0.2, -0.15) is 0 Å². The van der Waals surface area contributed by atoms with E-state index in [1.165, 1.54) is 30.0 Å². The lowest BCUT2D eigenvalue weighted by atomic mass is 10.2. The Morgan fingerprint density at radius 1 is 1.50 bits per heavy atom. The van der Waals surface area contributed by atoms with Gasteiger partial charge in [0.1, 0.15) is 0 Å². The zero-order chi connectivity index (χ0) is 14.7. The van der Waals surface area contributed by atoms with E-state index in [4.69, 9.17) is 4.74 Å². The highest BCUT2D eigenvalue weighted by Crippen LogP contribution is 2.29. The third kappa shape index (κ3) is 2.98. The van der Waals surface area contributed by atoms with Crippen molar-refractivity contribution in [1.82, 2.24) is 0 Å². The molecule has 0 amide bonds. The Balaban J connectivity index is 2.19. The number of ether oxygens (including phenoxy) is 1. The van der Waals surface area contributed by atoms with Crippen LogP contribution in [0.4, 0.5) is 5.69 Å². The maximum atomic E-state index is 11.9. The second kappa shape index (κ2) is 6.04. The minimum absolute atomic E-state index is 0.0893. The van der Waals surface area contributed by atoms with Gasteiger partial charge in [-0.3, -0.25) is 14.9 Å². The van der Waals surface area contributed by atoms with Crippen LogP contribution in [0, 0.1) is 10.1 Å². The van der Waals surface area contributed by atoms with Crippen molar-refractivity contribution in [3.8, 4) is 0 Å². The van der Waals surface area contributed by atoms with Crippen LogP contribution >= 0.6 is 11.8 Å². The SMILES string of the molecule is CSc1ccc(C(=O)O[C@H]2CCCC2=O)cc1[N+](=O)[O-]. The molecule has 1 saturated carbocycles. The number of esters is 1. The van der Waals surface area contributed by atoms with Gasteiger partial charge in [0, 0.05) is 12.5 Å². The molecule has 0 aromatic heterocycles. The predicted molar refractivity (Wildman–Crippen MR) is 72.9 cm³/mol. The van der Waals surface area contributed by atoms with Crippen LogP contribution in [0.15, 0.2) is 23.1 Å². The first kappa shape index (κ1) is 14.5. The summed E-state index contributed by atoms with van der Waals surface area (Å²) in [6.07, 6.45) is 2.67. The largest absolute Gasteiger partial charge is 0.451 e. The van der Waals surface area contributed by atoms with Gasteiger partial charge in [0.25, 0.3) is 5.69 Å². The van der Waals surface area contributed by atoms with Crippen LogP contribution in [0.2, 0.25) is 0 Å². The summed E-state index contributed by atoms with van der Waals surface area (Å²) in [4.78, 5) is 34.2. The van der Waals surface area contributed by atoms with E-state index < -0.39 is 17.0 Å². The molecule has 20 heavy (non-hydrogen) atoms. The fourth-order valence-corrected chi connectivity index (χ4v) is 2.61. The number of nitro groups is 1. The van der Waals surface area contributed by atoms with E-state index in [2.05, 4.69) is 0 Å². The molecule has 0 spiro atoms. The molecule has 0 heterocycles. The number of benzene rings is 1. The molecular formula is C13H13NO5S. The smallest absolute Gasteiger partial charge is 0.339 e. The average Bonchev–Trinajstić information content (AvgIpc) is 2.83. The van der Waals surface area contributed by atoms with E-state index in [9.17, 15) is 19.7 Å². The zero-order valence-electron chi connectivity index (χ0n) is 10.8. The maximum Gasteiger partial charge on any atom is 0.339 e. The molecular weight excluding hydrogens is 282 g/mol. The number of hydrogen-bond acceptors (Lipinski definition) is 6. The van der Waals surface area contributed by atoms with Crippen molar-refractivity contribution in [3.05, 3.63) is 33.9 Å². The number of carbonyl (C=O) groups excluding carboxylic acids is 2. The van der Waals surface area contributed by atoms with Gasteiger partial charge >= 0.3 is 5.97 Å². The van der Waals surface area contributed by atoms with Crippen LogP contribution in [0.5, 0.6) is 0 Å². The van der Waals surface area contributed by atoms with Crippen LogP contribution in [0.3, 0.4) is 0 Å². The summed E-state index contributed by atoms with van der Waals surface area (Å²) < 4.78 is 5.10. The summed E-state index contributed by atoms with van der Waals surface area (Å²) >= 11 is 1.23. The number of Topliss-reactive ketones (excluding diaryl/α,β-unsaturated/α-hetero) is 1. The quantitative estimate of drug-likeness (QED) is 0.367. The molecule has 1 atom stereocenters. The maximum absolute atomic E-state index is 11.9. The summed E-state index contributed by atoms with van der Waals surface area (Å²) in [5, 5.41) is 10.9. The fraction of sp³-hybridized carbons (Fsp3) is 0.385. The van der Waals surface area contributed by atoms with Crippen molar-refractivity contribution in [2.24, 2.45) is 0 Å². The molecule has 0 aliphatic heterocycles. The Bertz CT molecular complexity index is 572. The Hall–Kier alpha value is -1.89. The molecule has 6 nitrogen and oxygen atoms in total. The molecule has 106 valence electrons. The van der Waals surface area contributed by atoms with Gasteiger partial charge in [-0.25, -0.2) is 4.79 Å². The van der Waals surface area contributed by atoms with Crippen molar-refractivity contribution in [1.29, 1.82) is 0 Å². The number of thioether (sulfide) groups is 1. The first-order valence-electron chi connectivity index (χ1n) is 6.09. The van der Waals surface area contributed by atoms with Crippen LogP contribution in [0.25, 0.3) is 0 Å². The highest BCUT2D eigenvalue weighted by molar-refractivity contribution is 7.98. The van der Waals surface area contributed by atoms with E-state index in [0.717, 1.165) is 0 Å². The first-order valence-corrected chi connectivity index (χ1v) is 7.31. The highest BCUT2D eigenvalue weighted by atomic mass is 32.2. The number of nitro benzene ring substituents is 1. The van der Waals surface area contributed by atoms with Crippen LogP contribution in [-0.2, 0) is 9.53 Å². The van der Waals surface area contributed by atoms with Gasteiger partial charge in [0.05, 0.1) is 15.4 Å². The van der Waals surface area contributed by atoms with E-state index in [1.807, 2.05) is 0 Å². The van der Waals surface area contributed by atoms with Crippen LogP contribution in [-0.4, -0.2) is 29.0 Å². The van der Waals surface area contributed by atoms with Gasteiger partial charge in [0.2, 0.25) is 0 Å². The molecule has 0 N–H and O–H groups in total. The topological polar surface area (TPSA) is 86.5 Å². The number of ketones is 1. The molecule has 0 radical (unpaired) electrons. The Kier molecular flexibility index (Phi) is 4.39. The Morgan fingerprint density at radius 3 is 2.80 bits per heavy atom. The molecule has 1 fully saturated rings. The molecule has 0 unspecified atom stereocenters. The third-order valence-corrected chi connectivity index (χ3v) is 3.89. The van der Waals surface area contributed by atoms with Crippen molar-refractivity contribution >= 4 is 29.2 Å². The van der Waals surface area contributed by atoms with Crippen molar-refractivity contribution in [2.45, 2.75) is 30.3 Å². The van der Waals surface area contributed by atoms with Gasteiger partial charge in [-0.15, -0.1) is 11.8 Å². The standard InChI is InChI=1S/C13H13NO5S/c1-20-12-6-5-8(7-9(12)14(17)18)13(16)19-11-4-2-3-10(11)15/h5-7,11H,2-4H2,1H3/t11-/m0/s1. The molecule has 0 bridgehead atoms. The molecule has 1 aromatic carbocycles. The van der Waals surface area contributed by atoms with Gasteiger partial charge < -0.3 is 4.74 Å². The first-order chi connectivity index (χ1) is 9.52. The fourth-order valence-electron chi connectivity index (χ4n) is 2.07. The van der Waals surface area contributed by atoms with Crippen molar-refractivity contribution in [3.63, 3.8) is 0 Å². The molecule has 1 aromatic rings. The number of carbonyl (C=O) groups is 2. The van der Waals surface area contributed by atoms with Crippen molar-refractivity contribution < 1.29 is 19.2 Å². The second-order valence-electron chi connectivity index (χ2n) is 4.40. The Labute approximate surface area is 119 Å². The average molecular weight is 295 g/mol. The predicted octanol–water partition coefficient (Wildman–Crippen LogP) is 2.60. The molecule has 1 aliphatic rings. The Morgan fingerprint density at radius 2 is 2.25 bits per heavy atom. The van der Waals surface area contributed by atoms with Gasteiger partial charge in [0.15, 0.2) is 11.9 Å². The second-order valence-corrected chi connectivity index (χ2v) is 5.24. The summed E-state index contributed by atoms with van der Waals surface area (Å²) in [6, 6.07) is 4.17. The molecule has 0 saturated heterocycles. The van der Waals surface area contributed by atoms with Crippen molar-refractivity contribution in [2.75, 3.05) is 6.26 Å². The lowest BCUT2D eigenvalue weighted by Crippen LogP contribution is -2.22. The molecule has 1 aliphatic carbocycles. The number of hydrogen-bond donors (Lipinski definition) is 0. The van der Waals surface area contributed by atoms with Crippen LogP contribution < -0.4 is 0 Å². The zero-order valence-corrected chi connectivity index (χ0v) is 11.6. The summed E-state index contributed by atoms with van der Waals surface area (Å²) in [6.45, 7) is 0. The summed E-state index contributed by atoms with van der Waals surface area (Å²) in [5.74, 6) is -0.783. The molecule has 7 heteroatoms. The summed E-state index contributed by atoms with van der Waals surface area (Å²) in [7, 11) is 0. The lowest BCUT2D eigenvalue weighted by Gasteiger charge is -2.10. The number of rotatable bonds is 4. The van der Waals surface area contributed by atoms with Gasteiger partial charge in [-0.05, 0) is 31.2 Å². The van der Waals surface area contributed by atoms with E-state index in [-0.39, 0.29) is 17.0 Å². The highest BCUT2D eigenvalue weighted by Gasteiger charge is 2.29. The third-order valence-electron chi connectivity index (χ3n) is 3.11. The number of nitrogens with zero attached hydrogens (tertiary/aromatic N) is 1. The minimum atomic E-state index is -0.707. The van der Waals surface area contributed by atoms with Gasteiger partial charge in [-0.1, -0.05) is 0 Å². The normalized spacial score (nSPS) is 18.1. The minimum Gasteiger partial charge on any atom is -0.451 e. The monoisotopic (exact) mass is 295 g/mol. The lowest BCUT2D eigenvalue weighted by molar-refractivity contribution is -0.387.